The van der Waals surface area contributed by atoms with Gasteiger partial charge in [-0.05, 0) is 33.1 Å². The predicted molar refractivity (Wildman–Crippen MR) is 53.3 cm³/mol. The molecule has 5 atom stereocenters. The maximum Gasteiger partial charge on any atom is 0.410 e. The van der Waals surface area contributed by atoms with Gasteiger partial charge in [0, 0.05) is 12.0 Å². The van der Waals surface area contributed by atoms with Crippen molar-refractivity contribution in [1.82, 2.24) is 4.90 Å². The van der Waals surface area contributed by atoms with Crippen LogP contribution in [0.2, 0.25) is 0 Å². The largest absolute Gasteiger partial charge is 0.444 e. The summed E-state index contributed by atoms with van der Waals surface area (Å²) in [5, 5.41) is 9.82. The molecule has 0 aromatic carbocycles. The maximum absolute atomic E-state index is 11.9. The molecule has 0 aromatic heterocycles. The Morgan fingerprint density at radius 3 is 2.47 bits per heavy atom. The number of aliphatic hydroxyl groups excluding tert-OH is 1. The van der Waals surface area contributed by atoms with E-state index >= 15 is 0 Å². The van der Waals surface area contributed by atoms with Gasteiger partial charge in [-0.1, -0.05) is 0 Å². The summed E-state index contributed by atoms with van der Waals surface area (Å²) in [4.78, 5) is 13.6. The zero-order chi connectivity index (χ0) is 11.0. The first-order valence-corrected chi connectivity index (χ1v) is 5.59. The number of ether oxygens (including phenoxy) is 1. The van der Waals surface area contributed by atoms with E-state index in [2.05, 4.69) is 0 Å². The molecule has 1 amide bonds. The summed E-state index contributed by atoms with van der Waals surface area (Å²) in [5.41, 5.74) is -0.445. The lowest BCUT2D eigenvalue weighted by Crippen LogP contribution is -2.41. The highest BCUT2D eigenvalue weighted by atomic mass is 16.6. The molecule has 4 bridgehead atoms. The van der Waals surface area contributed by atoms with Crippen LogP contribution < -0.4 is 0 Å². The lowest BCUT2D eigenvalue weighted by Gasteiger charge is -2.27. The molecule has 15 heavy (non-hydrogen) atoms. The molecule has 0 aromatic rings. The Morgan fingerprint density at radius 2 is 2.13 bits per heavy atom. The van der Waals surface area contributed by atoms with E-state index in [0.717, 1.165) is 6.42 Å². The molecular weight excluding hydrogens is 194 g/mol. The second-order valence-corrected chi connectivity index (χ2v) is 5.91. The Balaban J connectivity index is 1.73. The third kappa shape index (κ3) is 1.14. The predicted octanol–water partition coefficient (Wildman–Crippen LogP) is 0.985. The zero-order valence-corrected chi connectivity index (χ0v) is 9.30. The van der Waals surface area contributed by atoms with Gasteiger partial charge < -0.3 is 9.84 Å². The summed E-state index contributed by atoms with van der Waals surface area (Å²) in [5.74, 6) is 0.903. The fourth-order valence-corrected chi connectivity index (χ4v) is 3.27. The van der Waals surface area contributed by atoms with E-state index in [0.29, 0.717) is 11.8 Å². The van der Waals surface area contributed by atoms with Gasteiger partial charge >= 0.3 is 6.09 Å². The highest BCUT2D eigenvalue weighted by Gasteiger charge is 2.74. The first kappa shape index (κ1) is 9.46. The van der Waals surface area contributed by atoms with E-state index in [1.54, 1.807) is 4.90 Å². The molecule has 4 fully saturated rings. The number of carbonyl (C=O) groups excluding carboxylic acids is 1. The monoisotopic (exact) mass is 211 g/mol. The van der Waals surface area contributed by atoms with Gasteiger partial charge in [0.15, 0.2) is 0 Å². The van der Waals surface area contributed by atoms with E-state index in [9.17, 15) is 9.90 Å². The van der Waals surface area contributed by atoms with Crippen LogP contribution in [0.1, 0.15) is 27.2 Å². The number of aliphatic hydroxyl groups is 1. The Hall–Kier alpha value is -0.770. The van der Waals surface area contributed by atoms with E-state index in [4.69, 9.17) is 4.74 Å². The van der Waals surface area contributed by atoms with Crippen LogP contribution in [0.5, 0.6) is 0 Å². The van der Waals surface area contributed by atoms with Crippen molar-refractivity contribution in [3.8, 4) is 0 Å². The first-order valence-electron chi connectivity index (χ1n) is 5.59. The lowest BCUT2D eigenvalue weighted by molar-refractivity contribution is 0.0163. The molecule has 1 N–H and O–H groups in total. The molecule has 4 rings (SSSR count). The van der Waals surface area contributed by atoms with Crippen molar-refractivity contribution in [2.75, 3.05) is 0 Å². The van der Waals surface area contributed by atoms with Gasteiger partial charge in [-0.15, -0.1) is 0 Å². The van der Waals surface area contributed by atoms with Crippen molar-refractivity contribution >= 4 is 6.09 Å². The Morgan fingerprint density at radius 1 is 1.47 bits per heavy atom. The molecular formula is C11H17NO3. The average molecular weight is 211 g/mol. The minimum absolute atomic E-state index is 0.0276. The molecule has 4 heteroatoms. The highest BCUT2D eigenvalue weighted by Crippen LogP contribution is 2.64. The number of amides is 1. The van der Waals surface area contributed by atoms with Gasteiger partial charge in [-0.2, -0.15) is 0 Å². The van der Waals surface area contributed by atoms with Crippen LogP contribution in [0.15, 0.2) is 0 Å². The van der Waals surface area contributed by atoms with Gasteiger partial charge in [0.1, 0.15) is 5.60 Å². The van der Waals surface area contributed by atoms with Crippen molar-refractivity contribution in [3.63, 3.8) is 0 Å². The van der Waals surface area contributed by atoms with Gasteiger partial charge in [-0.25, -0.2) is 4.79 Å². The second kappa shape index (κ2) is 2.48. The van der Waals surface area contributed by atoms with Crippen LogP contribution >= 0.6 is 0 Å². The standard InChI is InChI=1S/C11H17NO3/c1-11(2,3)15-10(14)12-6-4-5-7(8(5)12)9(6)13/h5-9,13H,4H2,1-3H3/t5-,6-,7+,8+,9-/m0/s1. The van der Waals surface area contributed by atoms with E-state index in [1.807, 2.05) is 20.8 Å². The first-order chi connectivity index (χ1) is 6.90. The third-order valence-corrected chi connectivity index (χ3v) is 3.77. The number of carbonyl (C=O) groups is 1. The summed E-state index contributed by atoms with van der Waals surface area (Å²) in [7, 11) is 0. The van der Waals surface area contributed by atoms with Gasteiger partial charge in [0.25, 0.3) is 0 Å². The van der Waals surface area contributed by atoms with Crippen LogP contribution in [0, 0.1) is 11.8 Å². The molecule has 2 heterocycles. The van der Waals surface area contributed by atoms with Crippen molar-refractivity contribution in [2.24, 2.45) is 11.8 Å². The number of rotatable bonds is 0. The minimum Gasteiger partial charge on any atom is -0.444 e. The number of nitrogens with zero attached hydrogens (tertiary/aromatic N) is 1. The molecule has 0 unspecified atom stereocenters. The Kier molecular flexibility index (Phi) is 1.57. The number of hydrogen-bond donors (Lipinski definition) is 1. The molecule has 2 aliphatic carbocycles. The minimum atomic E-state index is -0.445. The molecule has 0 spiro atoms. The van der Waals surface area contributed by atoms with Gasteiger partial charge in [0.05, 0.1) is 12.1 Å². The van der Waals surface area contributed by atoms with Crippen molar-refractivity contribution in [2.45, 2.75) is 51.0 Å². The molecule has 2 saturated carbocycles. The number of hydrogen-bond acceptors (Lipinski definition) is 3. The molecule has 2 aliphatic heterocycles. The van der Waals surface area contributed by atoms with E-state index in [1.165, 1.54) is 0 Å². The molecule has 4 nitrogen and oxygen atoms in total. The van der Waals surface area contributed by atoms with Crippen LogP contribution in [-0.4, -0.2) is 39.9 Å². The Labute approximate surface area is 89.2 Å². The van der Waals surface area contributed by atoms with Crippen LogP contribution in [0.3, 0.4) is 0 Å². The van der Waals surface area contributed by atoms with Crippen LogP contribution in [0.4, 0.5) is 4.79 Å². The normalized spacial score (nSPS) is 45.9. The van der Waals surface area contributed by atoms with E-state index in [-0.39, 0.29) is 24.3 Å². The van der Waals surface area contributed by atoms with Crippen LogP contribution in [-0.2, 0) is 4.74 Å². The molecule has 2 saturated heterocycles. The fourth-order valence-electron chi connectivity index (χ4n) is 3.27. The Bertz CT molecular complexity index is 322. The molecule has 84 valence electrons. The second-order valence-electron chi connectivity index (χ2n) is 5.91. The summed E-state index contributed by atoms with van der Waals surface area (Å²) in [6, 6.07) is 0.305. The highest BCUT2D eigenvalue weighted by molar-refractivity contribution is 5.72. The quantitative estimate of drug-likeness (QED) is 0.650. The topological polar surface area (TPSA) is 49.8 Å². The molecule has 4 aliphatic rings. The number of piperidine rings is 2. The summed E-state index contributed by atoms with van der Waals surface area (Å²) >= 11 is 0. The van der Waals surface area contributed by atoms with Gasteiger partial charge in [-0.3, -0.25) is 4.90 Å². The third-order valence-electron chi connectivity index (χ3n) is 3.77. The maximum atomic E-state index is 11.9. The lowest BCUT2D eigenvalue weighted by atomic mass is 10.2. The summed E-state index contributed by atoms with van der Waals surface area (Å²) in [6.07, 6.45) is 0.419. The van der Waals surface area contributed by atoms with E-state index < -0.39 is 5.60 Å². The fraction of sp³-hybridized carbons (Fsp3) is 0.909. The van der Waals surface area contributed by atoms with Crippen molar-refractivity contribution in [1.29, 1.82) is 0 Å². The summed E-state index contributed by atoms with van der Waals surface area (Å²) < 4.78 is 5.34. The zero-order valence-electron chi connectivity index (χ0n) is 9.30. The van der Waals surface area contributed by atoms with Crippen molar-refractivity contribution < 1.29 is 14.6 Å². The van der Waals surface area contributed by atoms with Gasteiger partial charge in [0.2, 0.25) is 0 Å². The van der Waals surface area contributed by atoms with Crippen LogP contribution in [0.25, 0.3) is 0 Å². The smallest absolute Gasteiger partial charge is 0.410 e. The summed E-state index contributed by atoms with van der Waals surface area (Å²) in [6.45, 7) is 5.60. The SMILES string of the molecule is CC(C)(C)OC(=O)N1[C@@H]2[C@H]3C[C@H]1[C@H](O)[C@H]32. The van der Waals surface area contributed by atoms with Crippen molar-refractivity contribution in [3.05, 3.63) is 0 Å². The average Bonchev–Trinajstić information content (AvgIpc) is 2.41. The molecule has 0 radical (unpaired) electrons.